The van der Waals surface area contributed by atoms with Crippen molar-refractivity contribution in [1.82, 2.24) is 10.6 Å². The summed E-state index contributed by atoms with van der Waals surface area (Å²) in [5, 5.41) is 17.8. The fourth-order valence-corrected chi connectivity index (χ4v) is 7.28. The van der Waals surface area contributed by atoms with Gasteiger partial charge in [-0.1, -0.05) is 176 Å². The molecular weight excluding hydrogens is 687 g/mol. The highest BCUT2D eigenvalue weighted by Crippen LogP contribution is 2.36. The molecule has 0 aromatic heterocycles. The van der Waals surface area contributed by atoms with Gasteiger partial charge in [0.25, 0.3) is 0 Å². The van der Waals surface area contributed by atoms with E-state index in [1.165, 1.54) is 0 Å². The van der Waals surface area contributed by atoms with Gasteiger partial charge in [0.15, 0.2) is 12.3 Å². The maximum absolute atomic E-state index is 10.8. The standard InChI is InChI=1S/C49H37N7/c50-32-43-39(33-28-30-38(31-29-33)48-52-44(34-16-5-1-6-17-34)51-45(53-48)35-18-7-2-8-19-35)26-15-27-41(43)40-24-13-14-25-42(40)49-55-46(36-20-9-3-10-21-36)54-47(56-49)37-22-11-4-12-23-37/h1,3-7,9-31,46,48H,2,8H2,(H,51,52,53)(H,54,55,56). The third kappa shape index (κ3) is 7.00. The summed E-state index contributed by atoms with van der Waals surface area (Å²) in [5.41, 5.74) is 9.99. The van der Waals surface area contributed by atoms with Crippen molar-refractivity contribution in [1.29, 1.82) is 5.26 Å². The molecule has 9 rings (SSSR count). The zero-order valence-corrected chi connectivity index (χ0v) is 30.5. The predicted octanol–water partition coefficient (Wildman–Crippen LogP) is 10.1. The Balaban J connectivity index is 1.07. The van der Waals surface area contributed by atoms with Crippen molar-refractivity contribution in [3.8, 4) is 28.3 Å². The highest BCUT2D eigenvalue weighted by Gasteiger charge is 2.25. The normalized spacial score (nSPS) is 17.5. The number of nitrogens with one attached hydrogen (secondary N) is 2. The molecule has 268 valence electrons. The molecule has 2 unspecified atom stereocenters. The summed E-state index contributed by atoms with van der Waals surface area (Å²) in [6.45, 7) is 0. The van der Waals surface area contributed by atoms with Gasteiger partial charge in [-0.25, -0.2) is 20.0 Å². The van der Waals surface area contributed by atoms with Crippen LogP contribution in [0.15, 0.2) is 201 Å². The molecule has 56 heavy (non-hydrogen) atoms. The Labute approximate surface area is 326 Å². The minimum atomic E-state index is -0.430. The molecule has 0 fully saturated rings. The Hall–Kier alpha value is -7.43. The molecule has 2 atom stereocenters. The minimum Gasteiger partial charge on any atom is -0.324 e. The first-order valence-electron chi connectivity index (χ1n) is 18.8. The molecule has 3 aliphatic rings. The Morgan fingerprint density at radius 2 is 0.964 bits per heavy atom. The van der Waals surface area contributed by atoms with E-state index in [9.17, 15) is 5.26 Å². The molecule has 0 saturated carbocycles. The van der Waals surface area contributed by atoms with Gasteiger partial charge in [0.1, 0.15) is 29.4 Å². The number of allylic oxidation sites excluding steroid dienone is 2. The zero-order valence-electron chi connectivity index (χ0n) is 30.5. The molecule has 0 amide bonds. The number of rotatable bonds is 8. The summed E-state index contributed by atoms with van der Waals surface area (Å²) < 4.78 is 0. The average molecular weight is 724 g/mol. The van der Waals surface area contributed by atoms with Gasteiger partial charge in [0.05, 0.1) is 5.56 Å². The Kier molecular flexibility index (Phi) is 9.51. The molecule has 2 aliphatic heterocycles. The van der Waals surface area contributed by atoms with Gasteiger partial charge in [0.2, 0.25) is 0 Å². The molecule has 6 aromatic carbocycles. The maximum atomic E-state index is 10.8. The van der Waals surface area contributed by atoms with E-state index in [1.54, 1.807) is 0 Å². The first kappa shape index (κ1) is 34.3. The average Bonchev–Trinajstić information content (AvgIpc) is 3.29. The molecule has 0 saturated heterocycles. The molecule has 7 heteroatoms. The van der Waals surface area contributed by atoms with E-state index >= 15 is 0 Å². The first-order valence-corrected chi connectivity index (χ1v) is 18.8. The van der Waals surface area contributed by atoms with E-state index in [4.69, 9.17) is 20.0 Å². The highest BCUT2D eigenvalue weighted by molar-refractivity contribution is 6.18. The maximum Gasteiger partial charge on any atom is 0.169 e. The van der Waals surface area contributed by atoms with Gasteiger partial charge in [0, 0.05) is 33.4 Å². The van der Waals surface area contributed by atoms with Gasteiger partial charge in [-0.05, 0) is 35.1 Å². The summed E-state index contributed by atoms with van der Waals surface area (Å²) in [5.74, 6) is 3.04. The van der Waals surface area contributed by atoms with Crippen molar-refractivity contribution < 1.29 is 0 Å². The molecule has 0 spiro atoms. The molecule has 0 radical (unpaired) electrons. The largest absolute Gasteiger partial charge is 0.324 e. The molecule has 2 N–H and O–H groups in total. The van der Waals surface area contributed by atoms with Gasteiger partial charge in [-0.15, -0.1) is 0 Å². The van der Waals surface area contributed by atoms with Crippen LogP contribution in [0.2, 0.25) is 0 Å². The van der Waals surface area contributed by atoms with Crippen molar-refractivity contribution in [3.05, 3.63) is 215 Å². The van der Waals surface area contributed by atoms with Crippen LogP contribution in [0.5, 0.6) is 0 Å². The fourth-order valence-electron chi connectivity index (χ4n) is 7.28. The number of benzene rings is 6. The summed E-state index contributed by atoms with van der Waals surface area (Å²) in [4.78, 5) is 20.3. The van der Waals surface area contributed by atoms with Gasteiger partial charge in [-0.3, -0.25) is 0 Å². The van der Waals surface area contributed by atoms with Crippen molar-refractivity contribution in [2.45, 2.75) is 25.2 Å². The van der Waals surface area contributed by atoms with E-state index in [2.05, 4.69) is 83.5 Å². The monoisotopic (exact) mass is 723 g/mol. The molecule has 6 aromatic rings. The smallest absolute Gasteiger partial charge is 0.169 e. The van der Waals surface area contributed by atoms with E-state index < -0.39 is 12.3 Å². The van der Waals surface area contributed by atoms with E-state index in [0.29, 0.717) is 11.4 Å². The van der Waals surface area contributed by atoms with Crippen LogP contribution in [-0.4, -0.2) is 23.3 Å². The second-order valence-electron chi connectivity index (χ2n) is 13.7. The van der Waals surface area contributed by atoms with Crippen LogP contribution in [0.25, 0.3) is 22.3 Å². The molecular formula is C49H37N7. The number of amidine groups is 4. The summed E-state index contributed by atoms with van der Waals surface area (Å²) >= 11 is 0. The molecule has 0 bridgehead atoms. The van der Waals surface area contributed by atoms with Crippen molar-refractivity contribution in [2.24, 2.45) is 20.0 Å². The van der Waals surface area contributed by atoms with Gasteiger partial charge >= 0.3 is 0 Å². The number of nitrogens with zero attached hydrogens (tertiary/aromatic N) is 5. The minimum absolute atomic E-state index is 0.423. The van der Waals surface area contributed by atoms with Crippen LogP contribution in [0, 0.1) is 11.3 Å². The predicted molar refractivity (Wildman–Crippen MR) is 227 cm³/mol. The van der Waals surface area contributed by atoms with Crippen molar-refractivity contribution in [2.75, 3.05) is 0 Å². The topological polar surface area (TPSA) is 97.3 Å². The van der Waals surface area contributed by atoms with Crippen LogP contribution in [0.4, 0.5) is 0 Å². The van der Waals surface area contributed by atoms with Crippen molar-refractivity contribution >= 4 is 23.3 Å². The van der Waals surface area contributed by atoms with Gasteiger partial charge < -0.3 is 10.6 Å². The Morgan fingerprint density at radius 1 is 0.446 bits per heavy atom. The lowest BCUT2D eigenvalue weighted by molar-refractivity contribution is 0.755. The van der Waals surface area contributed by atoms with E-state index in [1.807, 2.05) is 109 Å². The SMILES string of the molecule is N#Cc1c(-c2ccc(C3N=C(C4=CCCC=C4)NC(c4ccccc4)=N3)cc2)cccc1-c1ccccc1C1=NC(c2ccccc2)N=C(c2ccccc2)N1. The number of aliphatic imine (C=N–C) groups is 4. The second kappa shape index (κ2) is 15.5. The second-order valence-corrected chi connectivity index (χ2v) is 13.7. The van der Waals surface area contributed by atoms with Crippen LogP contribution in [-0.2, 0) is 0 Å². The third-order valence-corrected chi connectivity index (χ3v) is 10.1. The lowest BCUT2D eigenvalue weighted by Crippen LogP contribution is -2.36. The van der Waals surface area contributed by atoms with Crippen LogP contribution >= 0.6 is 0 Å². The number of hydrogen-bond acceptors (Lipinski definition) is 7. The Bertz CT molecular complexity index is 2630. The lowest BCUT2D eigenvalue weighted by atomic mass is 9.89. The van der Waals surface area contributed by atoms with E-state index in [-0.39, 0.29) is 0 Å². The summed E-state index contributed by atoms with van der Waals surface area (Å²) in [6.07, 6.45) is 7.70. The third-order valence-electron chi connectivity index (χ3n) is 10.1. The summed E-state index contributed by atoms with van der Waals surface area (Å²) in [7, 11) is 0. The fraction of sp³-hybridized carbons (Fsp3) is 0.0816. The van der Waals surface area contributed by atoms with Gasteiger partial charge in [-0.2, -0.15) is 5.26 Å². The summed E-state index contributed by atoms with van der Waals surface area (Å²) in [6, 6.07) is 55.4. The number of nitriles is 1. The van der Waals surface area contributed by atoms with Crippen LogP contribution in [0.3, 0.4) is 0 Å². The lowest BCUT2D eigenvalue weighted by Gasteiger charge is -2.24. The Morgan fingerprint density at radius 3 is 1.59 bits per heavy atom. The van der Waals surface area contributed by atoms with Crippen LogP contribution in [0.1, 0.15) is 58.6 Å². The van der Waals surface area contributed by atoms with Crippen molar-refractivity contribution in [3.63, 3.8) is 0 Å². The molecule has 2 heterocycles. The highest BCUT2D eigenvalue weighted by atomic mass is 15.2. The zero-order chi connectivity index (χ0) is 37.7. The van der Waals surface area contributed by atoms with E-state index in [0.717, 1.165) is 86.0 Å². The number of hydrogen-bond donors (Lipinski definition) is 2. The van der Waals surface area contributed by atoms with Crippen LogP contribution < -0.4 is 10.6 Å². The first-order chi connectivity index (χ1) is 27.7. The molecule has 7 nitrogen and oxygen atoms in total. The molecule has 1 aliphatic carbocycles. The quantitative estimate of drug-likeness (QED) is 0.164.